The first-order chi connectivity index (χ1) is 10.2. The minimum absolute atomic E-state index is 0.0127. The Morgan fingerprint density at radius 2 is 1.95 bits per heavy atom. The fraction of sp³-hybridized carbons (Fsp3) is 0.500. The molecule has 0 N–H and O–H groups in total. The highest BCUT2D eigenvalue weighted by molar-refractivity contribution is 5.85. The van der Waals surface area contributed by atoms with E-state index in [0.29, 0.717) is 19.4 Å². The van der Waals surface area contributed by atoms with Crippen molar-refractivity contribution < 1.29 is 19.1 Å². The molecule has 1 aromatic rings. The maximum atomic E-state index is 12.3. The van der Waals surface area contributed by atoms with E-state index in [-0.39, 0.29) is 11.9 Å². The molecular weight excluding hydrogens is 270 g/mol. The number of rotatable bonds is 4. The van der Waals surface area contributed by atoms with Crippen LogP contribution in [0.2, 0.25) is 0 Å². The van der Waals surface area contributed by atoms with Crippen LogP contribution in [0, 0.1) is 0 Å². The lowest BCUT2D eigenvalue weighted by Crippen LogP contribution is -2.43. The number of benzene rings is 1. The van der Waals surface area contributed by atoms with Crippen LogP contribution >= 0.6 is 0 Å². The third kappa shape index (κ3) is 3.74. The van der Waals surface area contributed by atoms with Crippen LogP contribution in [0.3, 0.4) is 0 Å². The highest BCUT2D eigenvalue weighted by Gasteiger charge is 2.32. The lowest BCUT2D eigenvalue weighted by molar-refractivity contribution is -0.153. The Bertz CT molecular complexity index is 498. The van der Waals surface area contributed by atoms with E-state index in [4.69, 9.17) is 9.47 Å². The summed E-state index contributed by atoms with van der Waals surface area (Å²) in [7, 11) is 2.98. The topological polar surface area (TPSA) is 55.8 Å². The number of ether oxygens (including phenoxy) is 2. The number of likely N-dealkylation sites (tertiary alicyclic amines) is 1. The molecule has 114 valence electrons. The molecule has 1 aliphatic heterocycles. The maximum absolute atomic E-state index is 12.3. The Labute approximate surface area is 124 Å². The van der Waals surface area contributed by atoms with Gasteiger partial charge in [-0.1, -0.05) is 18.6 Å². The molecule has 1 aliphatic rings. The first-order valence-electron chi connectivity index (χ1n) is 7.16. The zero-order chi connectivity index (χ0) is 15.2. The highest BCUT2D eigenvalue weighted by Crippen LogP contribution is 2.22. The molecule has 0 bridgehead atoms. The Morgan fingerprint density at radius 3 is 2.57 bits per heavy atom. The van der Waals surface area contributed by atoms with Gasteiger partial charge in [0.1, 0.15) is 11.8 Å². The normalized spacial score (nSPS) is 19.0. The van der Waals surface area contributed by atoms with Crippen molar-refractivity contribution in [3.05, 3.63) is 29.8 Å². The molecule has 0 unspecified atom stereocenters. The van der Waals surface area contributed by atoms with Crippen molar-refractivity contribution in [2.24, 2.45) is 0 Å². The number of methoxy groups -OCH3 is 2. The second-order valence-corrected chi connectivity index (χ2v) is 5.15. The van der Waals surface area contributed by atoms with E-state index >= 15 is 0 Å². The summed E-state index contributed by atoms with van der Waals surface area (Å²) in [6, 6.07) is 7.04. The van der Waals surface area contributed by atoms with Crippen LogP contribution in [-0.4, -0.2) is 37.0 Å². The van der Waals surface area contributed by atoms with Crippen molar-refractivity contribution >= 4 is 11.9 Å². The molecular formula is C16H21NO4. The molecule has 2 rings (SSSR count). The molecule has 1 fully saturated rings. The zero-order valence-electron chi connectivity index (χ0n) is 12.5. The van der Waals surface area contributed by atoms with E-state index in [9.17, 15) is 9.59 Å². The average Bonchev–Trinajstić information content (AvgIpc) is 2.70. The Kier molecular flexibility index (Phi) is 5.20. The molecule has 0 radical (unpaired) electrons. The highest BCUT2D eigenvalue weighted by atomic mass is 16.5. The third-order valence-corrected chi connectivity index (χ3v) is 3.80. The second-order valence-electron chi connectivity index (χ2n) is 5.15. The molecule has 21 heavy (non-hydrogen) atoms. The van der Waals surface area contributed by atoms with E-state index in [0.717, 1.165) is 24.2 Å². The predicted octanol–water partition coefficient (Wildman–Crippen LogP) is 2.14. The number of nitrogens with zero attached hydrogens (tertiary/aromatic N) is 1. The van der Waals surface area contributed by atoms with Crippen LogP contribution in [0.25, 0.3) is 0 Å². The monoisotopic (exact) mass is 291 g/mol. The average molecular weight is 291 g/mol. The van der Waals surface area contributed by atoms with Crippen LogP contribution in [-0.2, 0) is 20.9 Å². The second kappa shape index (κ2) is 7.11. The lowest BCUT2D eigenvalue weighted by Gasteiger charge is -2.28. The first-order valence-corrected chi connectivity index (χ1v) is 7.16. The maximum Gasteiger partial charge on any atom is 0.328 e. The third-order valence-electron chi connectivity index (χ3n) is 3.80. The molecule has 1 heterocycles. The van der Waals surface area contributed by atoms with Crippen LogP contribution in [0.4, 0.5) is 0 Å². The quantitative estimate of drug-likeness (QED) is 0.798. The largest absolute Gasteiger partial charge is 0.497 e. The van der Waals surface area contributed by atoms with Crippen molar-refractivity contribution in [3.8, 4) is 5.75 Å². The van der Waals surface area contributed by atoms with Gasteiger partial charge in [0.2, 0.25) is 5.91 Å². The summed E-state index contributed by atoms with van der Waals surface area (Å²) in [5.41, 5.74) is 0.972. The van der Waals surface area contributed by atoms with Crippen molar-refractivity contribution in [2.45, 2.75) is 38.3 Å². The molecule has 5 nitrogen and oxygen atoms in total. The van der Waals surface area contributed by atoms with E-state index in [1.165, 1.54) is 7.11 Å². The van der Waals surface area contributed by atoms with E-state index < -0.39 is 6.04 Å². The van der Waals surface area contributed by atoms with Gasteiger partial charge < -0.3 is 14.4 Å². The Morgan fingerprint density at radius 1 is 1.24 bits per heavy atom. The van der Waals surface area contributed by atoms with Gasteiger partial charge >= 0.3 is 5.97 Å². The van der Waals surface area contributed by atoms with Gasteiger partial charge in [0.15, 0.2) is 0 Å². The first kappa shape index (κ1) is 15.4. The van der Waals surface area contributed by atoms with Crippen LogP contribution < -0.4 is 4.74 Å². The van der Waals surface area contributed by atoms with E-state index in [1.54, 1.807) is 12.0 Å². The van der Waals surface area contributed by atoms with Gasteiger partial charge in [0, 0.05) is 13.0 Å². The van der Waals surface area contributed by atoms with Gasteiger partial charge in [-0.3, -0.25) is 4.79 Å². The summed E-state index contributed by atoms with van der Waals surface area (Å²) < 4.78 is 9.97. The van der Waals surface area contributed by atoms with Crippen LogP contribution in [0.5, 0.6) is 5.75 Å². The van der Waals surface area contributed by atoms with Gasteiger partial charge in [-0.15, -0.1) is 0 Å². The van der Waals surface area contributed by atoms with Gasteiger partial charge in [-0.2, -0.15) is 0 Å². The molecule has 1 saturated heterocycles. The molecule has 0 spiro atoms. The minimum atomic E-state index is -0.480. The summed E-state index contributed by atoms with van der Waals surface area (Å²) in [5, 5.41) is 0. The van der Waals surface area contributed by atoms with E-state index in [1.807, 2.05) is 24.3 Å². The number of carbonyl (C=O) groups excluding carboxylic acids is 2. The smallest absolute Gasteiger partial charge is 0.328 e. The van der Waals surface area contributed by atoms with Gasteiger partial charge in [0.05, 0.1) is 14.2 Å². The molecule has 0 aromatic heterocycles. The molecule has 1 amide bonds. The Hall–Kier alpha value is -2.04. The minimum Gasteiger partial charge on any atom is -0.497 e. The number of amides is 1. The van der Waals surface area contributed by atoms with E-state index in [2.05, 4.69) is 0 Å². The van der Waals surface area contributed by atoms with Crippen LogP contribution in [0.1, 0.15) is 31.2 Å². The number of carbonyl (C=O) groups is 2. The summed E-state index contributed by atoms with van der Waals surface area (Å²) in [4.78, 5) is 25.8. The summed E-state index contributed by atoms with van der Waals surface area (Å²) in [6.07, 6.45) is 2.84. The summed E-state index contributed by atoms with van der Waals surface area (Å²) in [5.74, 6) is 0.447. The van der Waals surface area contributed by atoms with Crippen molar-refractivity contribution in [3.63, 3.8) is 0 Å². The fourth-order valence-electron chi connectivity index (χ4n) is 2.59. The van der Waals surface area contributed by atoms with Gasteiger partial charge in [0.25, 0.3) is 0 Å². The van der Waals surface area contributed by atoms with Crippen molar-refractivity contribution in [1.29, 1.82) is 0 Å². The number of hydrogen-bond acceptors (Lipinski definition) is 4. The van der Waals surface area contributed by atoms with Crippen molar-refractivity contribution in [1.82, 2.24) is 4.90 Å². The standard InChI is InChI=1S/C16H21NO4/c1-20-13-9-7-12(8-10-13)11-17-14(16(19)21-2)5-3-4-6-15(17)18/h7-10,14H,3-6,11H2,1-2H3/t14-/m1/s1. The Balaban J connectivity index is 2.18. The SMILES string of the molecule is COC(=O)[C@H]1CCCCC(=O)N1Cc1ccc(OC)cc1. The summed E-state index contributed by atoms with van der Waals surface area (Å²) >= 11 is 0. The number of esters is 1. The zero-order valence-corrected chi connectivity index (χ0v) is 12.5. The molecule has 0 saturated carbocycles. The molecule has 0 aliphatic carbocycles. The molecule has 5 heteroatoms. The lowest BCUT2D eigenvalue weighted by atomic mass is 10.1. The van der Waals surface area contributed by atoms with Crippen molar-refractivity contribution in [2.75, 3.05) is 14.2 Å². The molecule has 1 atom stereocenters. The number of hydrogen-bond donors (Lipinski definition) is 0. The van der Waals surface area contributed by atoms with Gasteiger partial charge in [-0.05, 0) is 30.5 Å². The fourth-order valence-corrected chi connectivity index (χ4v) is 2.59. The van der Waals surface area contributed by atoms with Gasteiger partial charge in [-0.25, -0.2) is 4.79 Å². The molecule has 1 aromatic carbocycles. The summed E-state index contributed by atoms with van der Waals surface area (Å²) in [6.45, 7) is 0.419. The predicted molar refractivity (Wildman–Crippen MR) is 77.8 cm³/mol. The van der Waals surface area contributed by atoms with Crippen LogP contribution in [0.15, 0.2) is 24.3 Å².